The second-order valence-electron chi connectivity index (χ2n) is 5.14. The van der Waals surface area contributed by atoms with Crippen LogP contribution in [0.3, 0.4) is 0 Å². The first-order valence-electron chi connectivity index (χ1n) is 6.85. The smallest absolute Gasteiger partial charge is 0.290 e. The highest BCUT2D eigenvalue weighted by Crippen LogP contribution is 2.14. The topological polar surface area (TPSA) is 81.8 Å². The van der Waals surface area contributed by atoms with Gasteiger partial charge in [0.05, 0.1) is 5.52 Å². The average molecular weight is 305 g/mol. The number of benzene rings is 1. The van der Waals surface area contributed by atoms with E-state index >= 15 is 0 Å². The lowest BCUT2D eigenvalue weighted by molar-refractivity contribution is 0.0940. The minimum absolute atomic E-state index is 0.333. The number of thiocarbonyl (C=S) groups is 1. The monoisotopic (exact) mass is 305 g/mol. The van der Waals surface area contributed by atoms with Gasteiger partial charge in [0.25, 0.3) is 5.91 Å². The van der Waals surface area contributed by atoms with E-state index in [0.29, 0.717) is 16.7 Å². The Hall–Kier alpha value is -2.15. The molecule has 2 aromatic rings. The van der Waals surface area contributed by atoms with Crippen molar-refractivity contribution in [2.24, 2.45) is 5.92 Å². The Morgan fingerprint density at radius 2 is 2.10 bits per heavy atom. The van der Waals surface area contributed by atoms with E-state index < -0.39 is 0 Å². The highest BCUT2D eigenvalue weighted by Gasteiger charge is 2.13. The molecule has 0 saturated carbocycles. The van der Waals surface area contributed by atoms with Gasteiger partial charge in [-0.1, -0.05) is 32.0 Å². The van der Waals surface area contributed by atoms with Gasteiger partial charge in [0.1, 0.15) is 0 Å². The van der Waals surface area contributed by atoms with Crippen LogP contribution in [-0.4, -0.2) is 27.8 Å². The van der Waals surface area contributed by atoms with E-state index in [4.69, 9.17) is 12.2 Å². The van der Waals surface area contributed by atoms with E-state index in [1.165, 1.54) is 0 Å². The van der Waals surface area contributed by atoms with Gasteiger partial charge in [-0.3, -0.25) is 20.7 Å². The summed E-state index contributed by atoms with van der Waals surface area (Å²) in [5, 5.41) is 11.0. The number of rotatable bonds is 4. The fraction of sp³-hybridized carbons (Fsp3) is 0.357. The Morgan fingerprint density at radius 3 is 2.86 bits per heavy atom. The number of H-pyrrole nitrogens is 1. The van der Waals surface area contributed by atoms with Crippen LogP contribution in [0, 0.1) is 5.92 Å². The minimum atomic E-state index is -0.333. The summed E-state index contributed by atoms with van der Waals surface area (Å²) in [5.74, 6) is 0.269. The zero-order valence-electron chi connectivity index (χ0n) is 12.1. The van der Waals surface area contributed by atoms with Crippen molar-refractivity contribution in [3.8, 4) is 0 Å². The van der Waals surface area contributed by atoms with E-state index in [9.17, 15) is 4.79 Å². The summed E-state index contributed by atoms with van der Waals surface area (Å²) in [4.78, 5) is 12.1. The zero-order valence-corrected chi connectivity index (χ0v) is 12.9. The number of carbonyl (C=O) groups is 1. The lowest BCUT2D eigenvalue weighted by Crippen LogP contribution is -2.47. The number of hydrogen-bond acceptors (Lipinski definition) is 3. The van der Waals surface area contributed by atoms with Crippen molar-refractivity contribution in [3.63, 3.8) is 0 Å². The molecule has 0 aliphatic carbocycles. The average Bonchev–Trinajstić information content (AvgIpc) is 2.88. The molecule has 1 aromatic carbocycles. The number of nitrogens with one attached hydrogen (secondary N) is 4. The number of hydrogen-bond donors (Lipinski definition) is 4. The Kier molecular flexibility index (Phi) is 5.10. The predicted octanol–water partition coefficient (Wildman–Crippen LogP) is 1.72. The SMILES string of the molecule is CC(C)CCNC(=S)NNC(=O)c1n[nH]c2ccccc12. The van der Waals surface area contributed by atoms with Crippen LogP contribution in [-0.2, 0) is 0 Å². The molecular weight excluding hydrogens is 286 g/mol. The minimum Gasteiger partial charge on any atom is -0.361 e. The van der Waals surface area contributed by atoms with E-state index in [0.717, 1.165) is 23.9 Å². The number of para-hydroxylation sites is 1. The molecule has 0 aliphatic heterocycles. The Bertz CT molecular complexity index is 637. The second kappa shape index (κ2) is 7.03. The summed E-state index contributed by atoms with van der Waals surface area (Å²) in [7, 11) is 0. The number of nitrogens with zero attached hydrogens (tertiary/aromatic N) is 1. The first-order valence-corrected chi connectivity index (χ1v) is 7.26. The van der Waals surface area contributed by atoms with Gasteiger partial charge < -0.3 is 5.32 Å². The number of carbonyl (C=O) groups excluding carboxylic acids is 1. The van der Waals surface area contributed by atoms with Crippen molar-refractivity contribution in [1.29, 1.82) is 0 Å². The fourth-order valence-corrected chi connectivity index (χ4v) is 1.98. The first-order chi connectivity index (χ1) is 10.1. The Labute approximate surface area is 128 Å². The van der Waals surface area contributed by atoms with E-state index in [1.54, 1.807) is 0 Å². The Balaban J connectivity index is 1.86. The summed E-state index contributed by atoms with van der Waals surface area (Å²) < 4.78 is 0. The molecule has 4 N–H and O–H groups in total. The van der Waals surface area contributed by atoms with Crippen molar-refractivity contribution in [1.82, 2.24) is 26.4 Å². The molecule has 2 rings (SSSR count). The van der Waals surface area contributed by atoms with E-state index in [1.807, 2.05) is 24.3 Å². The molecule has 0 aliphatic rings. The molecule has 0 bridgehead atoms. The molecule has 1 amide bonds. The Morgan fingerprint density at radius 1 is 1.33 bits per heavy atom. The second-order valence-corrected chi connectivity index (χ2v) is 5.54. The summed E-state index contributed by atoms with van der Waals surface area (Å²) >= 11 is 5.08. The molecule has 0 fully saturated rings. The highest BCUT2D eigenvalue weighted by atomic mass is 32.1. The molecule has 0 unspecified atom stereocenters. The van der Waals surface area contributed by atoms with Crippen molar-refractivity contribution >= 4 is 34.1 Å². The first kappa shape index (κ1) is 15.2. The predicted molar refractivity (Wildman–Crippen MR) is 86.8 cm³/mol. The molecule has 112 valence electrons. The van der Waals surface area contributed by atoms with Gasteiger partial charge >= 0.3 is 0 Å². The number of hydrazine groups is 1. The van der Waals surface area contributed by atoms with Crippen molar-refractivity contribution < 1.29 is 4.79 Å². The molecule has 0 saturated heterocycles. The fourth-order valence-electron chi connectivity index (χ4n) is 1.83. The molecule has 21 heavy (non-hydrogen) atoms. The van der Waals surface area contributed by atoms with Gasteiger partial charge in [0, 0.05) is 11.9 Å². The van der Waals surface area contributed by atoms with Crippen molar-refractivity contribution in [2.45, 2.75) is 20.3 Å². The molecule has 1 heterocycles. The normalized spacial score (nSPS) is 10.6. The van der Waals surface area contributed by atoms with Crippen LogP contribution >= 0.6 is 12.2 Å². The van der Waals surface area contributed by atoms with Crippen LogP contribution < -0.4 is 16.2 Å². The van der Waals surface area contributed by atoms with Crippen LogP contribution in [0.5, 0.6) is 0 Å². The van der Waals surface area contributed by atoms with Gasteiger partial charge in [-0.2, -0.15) is 5.10 Å². The number of aromatic nitrogens is 2. The zero-order chi connectivity index (χ0) is 15.2. The van der Waals surface area contributed by atoms with Gasteiger partial charge in [0.15, 0.2) is 10.8 Å². The molecule has 0 atom stereocenters. The molecule has 6 nitrogen and oxygen atoms in total. The van der Waals surface area contributed by atoms with Crippen LogP contribution in [0.4, 0.5) is 0 Å². The largest absolute Gasteiger partial charge is 0.361 e. The standard InChI is InChI=1S/C14H19N5OS/c1-9(2)7-8-15-14(21)19-18-13(20)12-10-5-3-4-6-11(10)16-17-12/h3-6,9H,7-8H2,1-2H3,(H,16,17)(H,18,20)(H2,15,19,21). The van der Waals surface area contributed by atoms with Gasteiger partial charge in [-0.05, 0) is 30.6 Å². The van der Waals surface area contributed by atoms with Crippen LogP contribution in [0.15, 0.2) is 24.3 Å². The maximum atomic E-state index is 12.1. The van der Waals surface area contributed by atoms with Crippen molar-refractivity contribution in [2.75, 3.05) is 6.54 Å². The maximum Gasteiger partial charge on any atom is 0.290 e. The third-order valence-corrected chi connectivity index (χ3v) is 3.23. The summed E-state index contributed by atoms with van der Waals surface area (Å²) in [6.45, 7) is 5.05. The van der Waals surface area contributed by atoms with Crippen LogP contribution in [0.2, 0.25) is 0 Å². The van der Waals surface area contributed by atoms with E-state index in [2.05, 4.69) is 40.2 Å². The van der Waals surface area contributed by atoms with Gasteiger partial charge in [-0.15, -0.1) is 0 Å². The van der Waals surface area contributed by atoms with Crippen molar-refractivity contribution in [3.05, 3.63) is 30.0 Å². The lowest BCUT2D eigenvalue weighted by atomic mass is 10.1. The van der Waals surface area contributed by atoms with Gasteiger partial charge in [-0.25, -0.2) is 0 Å². The highest BCUT2D eigenvalue weighted by molar-refractivity contribution is 7.80. The number of fused-ring (bicyclic) bond motifs is 1. The molecule has 1 aromatic heterocycles. The van der Waals surface area contributed by atoms with Crippen LogP contribution in [0.25, 0.3) is 10.9 Å². The van der Waals surface area contributed by atoms with E-state index in [-0.39, 0.29) is 5.91 Å². The maximum absolute atomic E-state index is 12.1. The third kappa shape index (κ3) is 4.16. The third-order valence-electron chi connectivity index (χ3n) is 2.98. The van der Waals surface area contributed by atoms with Crippen LogP contribution in [0.1, 0.15) is 30.8 Å². The molecular formula is C14H19N5OS. The summed E-state index contributed by atoms with van der Waals surface area (Å²) in [5.41, 5.74) is 6.37. The van der Waals surface area contributed by atoms with Gasteiger partial charge in [0.2, 0.25) is 0 Å². The quantitative estimate of drug-likeness (QED) is 0.511. The lowest BCUT2D eigenvalue weighted by Gasteiger charge is -2.11. The molecule has 0 spiro atoms. The summed E-state index contributed by atoms with van der Waals surface area (Å²) in [6.07, 6.45) is 1.01. The summed E-state index contributed by atoms with van der Waals surface area (Å²) in [6, 6.07) is 7.45. The molecule has 7 heteroatoms. The number of amides is 1. The number of aromatic amines is 1. The molecule has 0 radical (unpaired) electrons.